The Bertz CT molecular complexity index is 472. The van der Waals surface area contributed by atoms with Crippen LogP contribution in [-0.4, -0.2) is 33.8 Å². The molecule has 126 valence electrons. The first-order valence-corrected chi connectivity index (χ1v) is 8.11. The molecule has 0 N–H and O–H groups in total. The van der Waals surface area contributed by atoms with E-state index in [2.05, 4.69) is 13.9 Å². The lowest BCUT2D eigenvalue weighted by Crippen LogP contribution is -2.54. The highest BCUT2D eigenvalue weighted by atomic mass is 28.4. The summed E-state index contributed by atoms with van der Waals surface area (Å²) in [6.07, 6.45) is -4.88. The Kier molecular flexibility index (Phi) is 6.08. The molecule has 0 saturated carbocycles. The second-order valence-corrected chi connectivity index (χ2v) is 6.79. The van der Waals surface area contributed by atoms with E-state index in [-0.39, 0.29) is 0 Å². The minimum absolute atomic E-state index is 0.538. The van der Waals surface area contributed by atoms with Gasteiger partial charge in [0.25, 0.3) is 0 Å². The van der Waals surface area contributed by atoms with E-state index in [0.29, 0.717) is 6.92 Å². The van der Waals surface area contributed by atoms with Crippen molar-refractivity contribution in [3.63, 3.8) is 0 Å². The van der Waals surface area contributed by atoms with Crippen molar-refractivity contribution in [2.24, 2.45) is 0 Å². The normalized spacial score (nSPS) is 18.0. The number of halogens is 5. The maximum atomic E-state index is 14.4. The van der Waals surface area contributed by atoms with Crippen LogP contribution < -0.4 is 5.19 Å². The zero-order chi connectivity index (χ0) is 17.0. The van der Waals surface area contributed by atoms with Crippen molar-refractivity contribution in [1.29, 1.82) is 0 Å². The predicted octanol–water partition coefficient (Wildman–Crippen LogP) is 3.47. The van der Waals surface area contributed by atoms with Crippen molar-refractivity contribution in [1.82, 2.24) is 0 Å². The summed E-state index contributed by atoms with van der Waals surface area (Å²) in [7, 11) is -5.81. The third kappa shape index (κ3) is 5.63. The fourth-order valence-electron chi connectivity index (χ4n) is 1.48. The van der Waals surface area contributed by atoms with Gasteiger partial charge in [0, 0.05) is 5.19 Å². The van der Waals surface area contributed by atoms with Crippen LogP contribution in [0, 0.1) is 0 Å². The fourth-order valence-corrected chi connectivity index (χ4v) is 2.57. The Morgan fingerprint density at radius 1 is 1.14 bits per heavy atom. The molecule has 0 aliphatic rings. The van der Waals surface area contributed by atoms with Crippen molar-refractivity contribution < 1.29 is 35.3 Å². The van der Waals surface area contributed by atoms with Crippen molar-refractivity contribution in [2.45, 2.75) is 39.0 Å². The number of alkyl halides is 3. The second kappa shape index (κ2) is 7.03. The van der Waals surface area contributed by atoms with E-state index in [0.717, 1.165) is 12.1 Å². The summed E-state index contributed by atoms with van der Waals surface area (Å²) >= 11 is 0. The summed E-state index contributed by atoms with van der Waals surface area (Å²) in [5.41, 5.74) is 0. The number of benzene rings is 1. The third-order valence-corrected chi connectivity index (χ3v) is 3.82. The zero-order valence-electron chi connectivity index (χ0n) is 12.3. The average molecular weight is 344 g/mol. The van der Waals surface area contributed by atoms with Gasteiger partial charge in [-0.15, -0.1) is 0 Å². The van der Waals surface area contributed by atoms with E-state index in [9.17, 15) is 21.4 Å². The maximum Gasteiger partial charge on any atom is 0.620 e. The van der Waals surface area contributed by atoms with Gasteiger partial charge in [-0.2, -0.15) is 4.39 Å². The smallest absolute Gasteiger partial charge is 0.297 e. The molecule has 1 aromatic rings. The number of hydrogen-bond donors (Lipinski definition) is 0. The minimum Gasteiger partial charge on any atom is -0.297 e. The van der Waals surface area contributed by atoms with Crippen molar-refractivity contribution >= 4 is 14.2 Å². The fraction of sp³-hybridized carbons (Fsp3) is 0.538. The molecule has 3 nitrogen and oxygen atoms in total. The van der Waals surface area contributed by atoms with E-state index in [1.54, 1.807) is 0 Å². The minimum atomic E-state index is -5.81. The lowest BCUT2D eigenvalue weighted by molar-refractivity contribution is -0.474. The number of ether oxygens (including phenoxy) is 2. The first-order chi connectivity index (χ1) is 10.00. The van der Waals surface area contributed by atoms with Crippen LogP contribution >= 0.6 is 0 Å². The summed E-state index contributed by atoms with van der Waals surface area (Å²) in [4.78, 5) is 0. The summed E-state index contributed by atoms with van der Waals surface area (Å²) in [6, 6.07) is 6.17. The molecule has 0 heterocycles. The highest BCUT2D eigenvalue weighted by molar-refractivity contribution is 6.74. The molecule has 0 fully saturated rings. The van der Waals surface area contributed by atoms with E-state index in [4.69, 9.17) is 0 Å². The Balaban J connectivity index is 3.02. The van der Waals surface area contributed by atoms with Gasteiger partial charge in [0.1, 0.15) is 6.67 Å². The molecule has 0 aliphatic carbocycles. The highest BCUT2D eigenvalue weighted by Gasteiger charge is 2.55. The first kappa shape index (κ1) is 19.0. The Labute approximate surface area is 126 Å². The molecule has 0 radical (unpaired) electrons. The van der Waals surface area contributed by atoms with Gasteiger partial charge in [-0.05, 0) is 20.8 Å². The van der Waals surface area contributed by atoms with Gasteiger partial charge < -0.3 is 0 Å². The molecular formula is C13H17F5O3Si. The molecule has 0 saturated heterocycles. The Hall–Kier alpha value is -1.03. The standard InChI is InChI=1S/C13H17F5O3Si/c1-10(2)19-13(16,20-12(3,15)9-14)21-22(17,18)11-7-5-4-6-8-11/h4-8,10H,9H2,1-3H3. The van der Waals surface area contributed by atoms with E-state index >= 15 is 0 Å². The topological polar surface area (TPSA) is 27.7 Å². The SMILES string of the molecule is CC(C)OC(F)(OC(C)(F)CF)O[Si](F)(F)c1ccccc1. The molecule has 2 atom stereocenters. The molecule has 0 spiro atoms. The largest absolute Gasteiger partial charge is 0.620 e. The van der Waals surface area contributed by atoms with Gasteiger partial charge in [0.05, 0.1) is 6.10 Å². The van der Waals surface area contributed by atoms with Crippen LogP contribution in [0.1, 0.15) is 20.8 Å². The predicted molar refractivity (Wildman–Crippen MR) is 71.8 cm³/mol. The van der Waals surface area contributed by atoms with Crippen LogP contribution in [0.4, 0.5) is 21.4 Å². The van der Waals surface area contributed by atoms with Gasteiger partial charge in [0.2, 0.25) is 5.85 Å². The number of rotatable bonds is 8. The second-order valence-electron chi connectivity index (χ2n) is 4.97. The van der Waals surface area contributed by atoms with Crippen LogP contribution in [0.5, 0.6) is 0 Å². The molecular weight excluding hydrogens is 327 g/mol. The molecule has 0 aromatic heterocycles. The summed E-state index contributed by atoms with van der Waals surface area (Å²) in [6.45, 7) is 1.38. The van der Waals surface area contributed by atoms with Gasteiger partial charge in [-0.25, -0.2) is 17.0 Å². The van der Waals surface area contributed by atoms with Crippen molar-refractivity contribution in [3.05, 3.63) is 30.3 Å². The highest BCUT2D eigenvalue weighted by Crippen LogP contribution is 2.31. The quantitative estimate of drug-likeness (QED) is 0.313. The van der Waals surface area contributed by atoms with Gasteiger partial charge in [-0.1, -0.05) is 30.3 Å². The first-order valence-electron chi connectivity index (χ1n) is 6.45. The molecule has 0 amide bonds. The summed E-state index contributed by atoms with van der Waals surface area (Å²) in [5, 5.41) is -0.561. The Morgan fingerprint density at radius 2 is 1.68 bits per heavy atom. The van der Waals surface area contributed by atoms with Gasteiger partial charge >= 0.3 is 15.2 Å². The summed E-state index contributed by atoms with van der Waals surface area (Å²) in [5.74, 6) is -3.18. The molecule has 1 aromatic carbocycles. The van der Waals surface area contributed by atoms with Crippen LogP contribution in [0.25, 0.3) is 0 Å². The molecule has 0 bridgehead atoms. The summed E-state index contributed by atoms with van der Waals surface area (Å²) < 4.78 is 81.1. The maximum absolute atomic E-state index is 14.4. The average Bonchev–Trinajstić information content (AvgIpc) is 2.37. The van der Waals surface area contributed by atoms with E-state index in [1.807, 2.05) is 0 Å². The van der Waals surface area contributed by atoms with E-state index < -0.39 is 39.0 Å². The molecule has 22 heavy (non-hydrogen) atoms. The van der Waals surface area contributed by atoms with Crippen molar-refractivity contribution in [3.8, 4) is 0 Å². The van der Waals surface area contributed by atoms with Crippen LogP contribution in [0.15, 0.2) is 30.3 Å². The van der Waals surface area contributed by atoms with Crippen molar-refractivity contribution in [2.75, 3.05) is 6.67 Å². The molecule has 2 unspecified atom stereocenters. The monoisotopic (exact) mass is 344 g/mol. The lowest BCUT2D eigenvalue weighted by Gasteiger charge is -2.33. The zero-order valence-corrected chi connectivity index (χ0v) is 13.3. The third-order valence-electron chi connectivity index (χ3n) is 2.31. The van der Waals surface area contributed by atoms with Crippen LogP contribution in [0.3, 0.4) is 0 Å². The van der Waals surface area contributed by atoms with Gasteiger partial charge in [0.15, 0.2) is 0 Å². The molecule has 0 aliphatic heterocycles. The number of hydrogen-bond acceptors (Lipinski definition) is 3. The molecule has 9 heteroatoms. The van der Waals surface area contributed by atoms with Gasteiger partial charge in [-0.3, -0.25) is 13.9 Å². The molecule has 1 rings (SSSR count). The lowest BCUT2D eigenvalue weighted by atomic mass is 10.4. The van der Waals surface area contributed by atoms with E-state index in [1.165, 1.54) is 32.0 Å². The van der Waals surface area contributed by atoms with Crippen LogP contribution in [0.2, 0.25) is 0 Å². The Morgan fingerprint density at radius 3 is 2.14 bits per heavy atom. The van der Waals surface area contributed by atoms with Crippen LogP contribution in [-0.2, 0) is 13.9 Å².